The topological polar surface area (TPSA) is 37.7 Å². The van der Waals surface area contributed by atoms with E-state index in [1.54, 1.807) is 12.0 Å². The summed E-state index contributed by atoms with van der Waals surface area (Å²) in [5.74, 6) is 0.816. The van der Waals surface area contributed by atoms with Crippen LogP contribution in [0.5, 0.6) is 5.75 Å². The van der Waals surface area contributed by atoms with Crippen molar-refractivity contribution in [3.63, 3.8) is 0 Å². The van der Waals surface area contributed by atoms with Gasteiger partial charge >= 0.3 is 0 Å². The van der Waals surface area contributed by atoms with Crippen LogP contribution >= 0.6 is 12.2 Å². The highest BCUT2D eigenvalue weighted by Crippen LogP contribution is 2.16. The Hall–Kier alpha value is -2.11. The van der Waals surface area contributed by atoms with Gasteiger partial charge in [-0.3, -0.25) is 0 Å². The molecule has 1 atom stereocenters. The van der Waals surface area contributed by atoms with Crippen molar-refractivity contribution in [1.29, 1.82) is 0 Å². The summed E-state index contributed by atoms with van der Waals surface area (Å²) >= 11 is 5.49. The second-order valence-electron chi connectivity index (χ2n) is 6.40. The van der Waals surface area contributed by atoms with Gasteiger partial charge in [0, 0.05) is 30.2 Å². The first-order valence-electron chi connectivity index (χ1n) is 8.84. The van der Waals surface area contributed by atoms with Crippen molar-refractivity contribution in [3.8, 4) is 5.75 Å². The minimum absolute atomic E-state index is 0.425. The van der Waals surface area contributed by atoms with Crippen LogP contribution in [-0.4, -0.2) is 31.9 Å². The molecule has 2 aromatic rings. The SMILES string of the molecule is COc1cccc(NC(=S)NC[C@H](c2ccccc2)[NH+]2CCCC2)c1. The standard InChI is InChI=1S/C20H25N3OS/c1-24-18-11-7-10-17(14-18)22-20(25)21-15-19(23-12-5-6-13-23)16-8-3-2-4-9-16/h2-4,7-11,14,19H,5-6,12-13,15H2,1H3,(H2,21,22,25)/p+1/t19-/m1/s1. The van der Waals surface area contributed by atoms with Crippen LogP contribution in [0.4, 0.5) is 5.69 Å². The van der Waals surface area contributed by atoms with Crippen LogP contribution in [0.25, 0.3) is 0 Å². The lowest BCUT2D eigenvalue weighted by molar-refractivity contribution is -0.918. The Kier molecular flexibility index (Phi) is 6.25. The van der Waals surface area contributed by atoms with Gasteiger partial charge in [-0.25, -0.2) is 0 Å². The predicted octanol–water partition coefficient (Wildman–Crippen LogP) is 2.40. The number of likely N-dealkylation sites (tertiary alicyclic amines) is 1. The molecule has 3 rings (SSSR count). The molecule has 3 N–H and O–H groups in total. The number of ether oxygens (including phenoxy) is 1. The summed E-state index contributed by atoms with van der Waals surface area (Å²) in [6, 6.07) is 19.0. The number of nitrogens with one attached hydrogen (secondary N) is 3. The number of quaternary nitrogens is 1. The van der Waals surface area contributed by atoms with E-state index in [0.29, 0.717) is 11.2 Å². The lowest BCUT2D eigenvalue weighted by Gasteiger charge is -2.26. The lowest BCUT2D eigenvalue weighted by Crippen LogP contribution is -3.11. The summed E-state index contributed by atoms with van der Waals surface area (Å²) in [5, 5.41) is 7.29. The second kappa shape index (κ2) is 8.83. The van der Waals surface area contributed by atoms with Crippen molar-refractivity contribution in [2.24, 2.45) is 0 Å². The summed E-state index contributed by atoms with van der Waals surface area (Å²) in [4.78, 5) is 1.64. The highest BCUT2D eigenvalue weighted by molar-refractivity contribution is 7.80. The minimum Gasteiger partial charge on any atom is -0.497 e. The number of hydrogen-bond donors (Lipinski definition) is 3. The van der Waals surface area contributed by atoms with Crippen LogP contribution < -0.4 is 20.3 Å². The van der Waals surface area contributed by atoms with E-state index in [0.717, 1.165) is 18.0 Å². The molecule has 1 aliphatic heterocycles. The molecule has 0 aromatic heterocycles. The molecule has 1 fully saturated rings. The molecule has 0 unspecified atom stereocenters. The largest absolute Gasteiger partial charge is 0.497 e. The van der Waals surface area contributed by atoms with Crippen LogP contribution in [0, 0.1) is 0 Å². The average Bonchev–Trinajstić information content (AvgIpc) is 3.17. The zero-order chi connectivity index (χ0) is 17.5. The molecule has 0 spiro atoms. The quantitative estimate of drug-likeness (QED) is 0.695. The highest BCUT2D eigenvalue weighted by atomic mass is 32.1. The van der Waals surface area contributed by atoms with E-state index >= 15 is 0 Å². The average molecular weight is 357 g/mol. The van der Waals surface area contributed by atoms with Gasteiger partial charge in [0.1, 0.15) is 11.8 Å². The van der Waals surface area contributed by atoms with E-state index in [-0.39, 0.29) is 0 Å². The summed E-state index contributed by atoms with van der Waals surface area (Å²) in [7, 11) is 1.67. The third-order valence-corrected chi connectivity index (χ3v) is 4.98. The molecular formula is C20H26N3OS+. The summed E-state index contributed by atoms with van der Waals surface area (Å²) in [5.41, 5.74) is 2.30. The van der Waals surface area contributed by atoms with Crippen LogP contribution in [-0.2, 0) is 0 Å². The minimum atomic E-state index is 0.425. The van der Waals surface area contributed by atoms with Gasteiger partial charge in [-0.05, 0) is 24.4 Å². The van der Waals surface area contributed by atoms with Gasteiger partial charge in [-0.1, -0.05) is 36.4 Å². The van der Waals surface area contributed by atoms with Crippen molar-refractivity contribution in [3.05, 3.63) is 60.2 Å². The fraction of sp³-hybridized carbons (Fsp3) is 0.350. The molecule has 4 nitrogen and oxygen atoms in total. The van der Waals surface area contributed by atoms with Gasteiger partial charge in [-0.2, -0.15) is 0 Å². The maximum Gasteiger partial charge on any atom is 0.171 e. The third-order valence-electron chi connectivity index (χ3n) is 4.73. The van der Waals surface area contributed by atoms with E-state index in [1.807, 2.05) is 24.3 Å². The van der Waals surface area contributed by atoms with Gasteiger partial charge in [0.05, 0.1) is 26.7 Å². The van der Waals surface area contributed by atoms with Gasteiger partial charge in [-0.15, -0.1) is 0 Å². The number of hydrogen-bond acceptors (Lipinski definition) is 2. The first-order valence-corrected chi connectivity index (χ1v) is 9.25. The van der Waals surface area contributed by atoms with Gasteiger partial charge < -0.3 is 20.3 Å². The Bertz CT molecular complexity index is 686. The van der Waals surface area contributed by atoms with Crippen molar-refractivity contribution in [2.45, 2.75) is 18.9 Å². The molecule has 1 saturated heterocycles. The van der Waals surface area contributed by atoms with E-state index in [9.17, 15) is 0 Å². The summed E-state index contributed by atoms with van der Waals surface area (Å²) < 4.78 is 5.25. The first kappa shape index (κ1) is 17.7. The van der Waals surface area contributed by atoms with Crippen molar-refractivity contribution < 1.29 is 9.64 Å². The second-order valence-corrected chi connectivity index (χ2v) is 6.80. The maximum atomic E-state index is 5.49. The molecule has 1 heterocycles. The molecular weight excluding hydrogens is 330 g/mol. The number of rotatable bonds is 6. The van der Waals surface area contributed by atoms with Crippen LogP contribution in [0.3, 0.4) is 0 Å². The number of thiocarbonyl (C=S) groups is 1. The Labute approximate surface area is 155 Å². The highest BCUT2D eigenvalue weighted by Gasteiger charge is 2.27. The molecule has 1 aliphatic rings. The number of benzene rings is 2. The molecule has 2 aromatic carbocycles. The molecule has 0 aliphatic carbocycles. The van der Waals surface area contributed by atoms with Crippen LogP contribution in [0.2, 0.25) is 0 Å². The molecule has 0 saturated carbocycles. The van der Waals surface area contributed by atoms with E-state index in [2.05, 4.69) is 41.0 Å². The van der Waals surface area contributed by atoms with E-state index in [1.165, 1.54) is 31.5 Å². The van der Waals surface area contributed by atoms with Gasteiger partial charge in [0.25, 0.3) is 0 Å². The van der Waals surface area contributed by atoms with Crippen molar-refractivity contribution >= 4 is 23.0 Å². The molecule has 132 valence electrons. The Balaban J connectivity index is 1.61. The monoisotopic (exact) mass is 356 g/mol. The van der Waals surface area contributed by atoms with Gasteiger partial charge in [0.2, 0.25) is 0 Å². The molecule has 0 bridgehead atoms. The van der Waals surface area contributed by atoms with E-state index < -0.39 is 0 Å². The van der Waals surface area contributed by atoms with Crippen LogP contribution in [0.15, 0.2) is 54.6 Å². The normalized spacial score (nSPS) is 15.6. The van der Waals surface area contributed by atoms with Crippen molar-refractivity contribution in [2.75, 3.05) is 32.1 Å². The zero-order valence-electron chi connectivity index (χ0n) is 14.6. The molecule has 5 heteroatoms. The third kappa shape index (κ3) is 4.94. The Morgan fingerprint density at radius 2 is 1.88 bits per heavy atom. The first-order chi connectivity index (χ1) is 12.3. The lowest BCUT2D eigenvalue weighted by atomic mass is 10.1. The predicted molar refractivity (Wildman–Crippen MR) is 106 cm³/mol. The Morgan fingerprint density at radius 1 is 1.12 bits per heavy atom. The zero-order valence-corrected chi connectivity index (χ0v) is 15.4. The molecule has 25 heavy (non-hydrogen) atoms. The van der Waals surface area contributed by atoms with Crippen molar-refractivity contribution in [1.82, 2.24) is 5.32 Å². The van der Waals surface area contributed by atoms with Gasteiger partial charge in [0.15, 0.2) is 5.11 Å². The molecule has 0 amide bonds. The maximum absolute atomic E-state index is 5.49. The fourth-order valence-corrected chi connectivity index (χ4v) is 3.63. The molecule has 0 radical (unpaired) electrons. The summed E-state index contributed by atoms with van der Waals surface area (Å²) in [6.07, 6.45) is 2.62. The number of methoxy groups -OCH3 is 1. The smallest absolute Gasteiger partial charge is 0.171 e. The summed E-state index contributed by atoms with van der Waals surface area (Å²) in [6.45, 7) is 3.30. The van der Waals surface area contributed by atoms with Crippen LogP contribution in [0.1, 0.15) is 24.4 Å². The number of anilines is 1. The fourth-order valence-electron chi connectivity index (χ4n) is 3.43. The Morgan fingerprint density at radius 3 is 2.60 bits per heavy atom. The van der Waals surface area contributed by atoms with E-state index in [4.69, 9.17) is 17.0 Å².